The van der Waals surface area contributed by atoms with Crippen molar-refractivity contribution in [3.05, 3.63) is 0 Å². The van der Waals surface area contributed by atoms with Crippen molar-refractivity contribution in [2.45, 2.75) is 127 Å². The predicted molar refractivity (Wildman–Crippen MR) is 203 cm³/mol. The second kappa shape index (κ2) is 25.2. The Morgan fingerprint density at radius 1 is 0.633 bits per heavy atom. The van der Waals surface area contributed by atoms with E-state index in [1.807, 2.05) is 0 Å². The molecule has 0 saturated carbocycles. The molecule has 60 heavy (non-hydrogen) atoms. The lowest BCUT2D eigenvalue weighted by Crippen LogP contribution is -2.58. The number of likely N-dealkylation sites (tertiary alicyclic amines) is 1. The van der Waals surface area contributed by atoms with Crippen molar-refractivity contribution < 1.29 is 78.0 Å². The van der Waals surface area contributed by atoms with Crippen molar-refractivity contribution in [1.29, 1.82) is 0 Å². The van der Waals surface area contributed by atoms with E-state index in [0.29, 0.717) is 6.42 Å². The van der Waals surface area contributed by atoms with Crippen molar-refractivity contribution in [2.24, 2.45) is 17.4 Å². The molecule has 14 N–H and O–H groups in total. The quantitative estimate of drug-likeness (QED) is 0.0370. The smallest absolute Gasteiger partial charge is 0.326 e. The van der Waals surface area contributed by atoms with Crippen LogP contribution < -0.4 is 43.4 Å². The van der Waals surface area contributed by atoms with Gasteiger partial charge in [0.05, 0.1) is 19.0 Å². The minimum absolute atomic E-state index is 0.0668. The minimum Gasteiger partial charge on any atom is -0.481 e. The van der Waals surface area contributed by atoms with Crippen LogP contribution in [0, 0.1) is 5.92 Å². The Bertz CT molecular complexity index is 1640. The van der Waals surface area contributed by atoms with Gasteiger partial charge in [0.1, 0.15) is 36.3 Å². The molecule has 0 spiro atoms. The van der Waals surface area contributed by atoms with Gasteiger partial charge in [-0.1, -0.05) is 13.8 Å². The molecule has 0 unspecified atom stereocenters. The first-order chi connectivity index (χ1) is 27.9. The van der Waals surface area contributed by atoms with Crippen LogP contribution >= 0.6 is 0 Å². The number of primary amides is 1. The molecule has 7 atom stereocenters. The van der Waals surface area contributed by atoms with E-state index in [2.05, 4.69) is 31.9 Å². The fraction of sp³-hybridized carbons (Fsp3) is 0.657. The third-order valence-corrected chi connectivity index (χ3v) is 8.94. The van der Waals surface area contributed by atoms with Gasteiger partial charge in [-0.15, -0.1) is 0 Å². The fourth-order valence-corrected chi connectivity index (χ4v) is 5.84. The number of nitrogens with two attached hydrogens (primary N) is 2. The van der Waals surface area contributed by atoms with Gasteiger partial charge in [0.15, 0.2) is 0 Å². The first-order valence-corrected chi connectivity index (χ1v) is 18.9. The van der Waals surface area contributed by atoms with Gasteiger partial charge in [0, 0.05) is 25.8 Å². The Kier molecular flexibility index (Phi) is 21.7. The van der Waals surface area contributed by atoms with E-state index in [9.17, 15) is 72.9 Å². The van der Waals surface area contributed by atoms with E-state index in [4.69, 9.17) is 16.6 Å². The van der Waals surface area contributed by atoms with E-state index in [1.54, 1.807) is 13.8 Å². The third kappa shape index (κ3) is 18.9. The van der Waals surface area contributed by atoms with Gasteiger partial charge in [0.2, 0.25) is 47.3 Å². The van der Waals surface area contributed by atoms with Gasteiger partial charge in [0.25, 0.3) is 0 Å². The monoisotopic (exact) mass is 857 g/mol. The molecule has 1 fully saturated rings. The molecular weight excluding hydrogens is 802 g/mol. The van der Waals surface area contributed by atoms with Gasteiger partial charge in [-0.25, -0.2) is 4.79 Å². The Labute approximate surface area is 343 Å². The van der Waals surface area contributed by atoms with Gasteiger partial charge in [-0.3, -0.25) is 52.7 Å². The summed E-state index contributed by atoms with van der Waals surface area (Å²) in [4.78, 5) is 150. The molecule has 0 aromatic heterocycles. The lowest BCUT2D eigenvalue weighted by atomic mass is 10.0. The van der Waals surface area contributed by atoms with E-state index in [0.717, 1.165) is 4.90 Å². The van der Waals surface area contributed by atoms with Gasteiger partial charge >= 0.3 is 23.9 Å². The molecule has 1 heterocycles. The number of carbonyl (C=O) groups excluding carboxylic acids is 8. The summed E-state index contributed by atoms with van der Waals surface area (Å²) in [5.74, 6) is -13.5. The number of aliphatic carboxylic acids is 4. The standard InChI is InChI=1S/C35H55N9O16/c1-16(2)13-22(34(58)44-12-4-5-23(44)35(59)60)43-32(56)19(7-10-27(49)50)40-25(46)15-38-31(55)21(14-24(37)45)42-33(57)20(8-11-28(51)52)41-29(53)17(3)39-30(54)18(36)6-9-26(47)48/h16-23H,4-15,36H2,1-3H3,(H2,37,45)(H,38,55)(H,39,54)(H,40,46)(H,41,53)(H,42,57)(H,43,56)(H,47,48)(H,49,50)(H,51,52)(H,59,60)/t17-,18-,19-,20-,21-,22-,23-/m0/s1. The SMILES string of the molecule is CC(C)C[C@H](NC(=O)[C@H](CCC(=O)O)NC(=O)CNC(=O)[C@H](CC(N)=O)NC(=O)[C@H](CCC(=O)O)NC(=O)[C@H](C)NC(=O)[C@@H](N)CCC(=O)O)C(=O)N1CCC[C@H]1C(=O)O. The van der Waals surface area contributed by atoms with Crippen LogP contribution in [-0.2, 0) is 57.5 Å². The first-order valence-electron chi connectivity index (χ1n) is 18.9. The number of hydrogen-bond acceptors (Lipinski definition) is 13. The van der Waals surface area contributed by atoms with E-state index in [-0.39, 0.29) is 31.7 Å². The molecular formula is C35H55N9O16. The van der Waals surface area contributed by atoms with Crippen LogP contribution in [0.2, 0.25) is 0 Å². The molecule has 0 aromatic carbocycles. The highest BCUT2D eigenvalue weighted by atomic mass is 16.4. The minimum atomic E-state index is -1.81. The summed E-state index contributed by atoms with van der Waals surface area (Å²) < 4.78 is 0. The summed E-state index contributed by atoms with van der Waals surface area (Å²) in [5.41, 5.74) is 10.9. The van der Waals surface area contributed by atoms with Crippen molar-refractivity contribution >= 4 is 71.1 Å². The van der Waals surface area contributed by atoms with Crippen LogP contribution in [0.25, 0.3) is 0 Å². The number of carboxylic acids is 4. The Morgan fingerprint density at radius 2 is 1.13 bits per heavy atom. The third-order valence-electron chi connectivity index (χ3n) is 8.94. The molecule has 0 aromatic rings. The van der Waals surface area contributed by atoms with Crippen molar-refractivity contribution in [3.63, 3.8) is 0 Å². The van der Waals surface area contributed by atoms with E-state index < -0.39 is 158 Å². The molecule has 25 nitrogen and oxygen atoms in total. The zero-order chi connectivity index (χ0) is 45.9. The topological polar surface area (TPSA) is 413 Å². The molecule has 0 bridgehead atoms. The van der Waals surface area contributed by atoms with Crippen LogP contribution in [0.4, 0.5) is 0 Å². The number of nitrogens with one attached hydrogen (secondary N) is 6. The molecule has 0 radical (unpaired) electrons. The van der Waals surface area contributed by atoms with Gasteiger partial charge in [-0.05, 0) is 51.4 Å². The Balaban J connectivity index is 3.10. The Hall–Kier alpha value is -6.40. The summed E-state index contributed by atoms with van der Waals surface area (Å²) in [6.07, 6.45) is -3.23. The predicted octanol–water partition coefficient (Wildman–Crippen LogP) is -4.53. The normalized spacial score (nSPS) is 16.4. The highest BCUT2D eigenvalue weighted by molar-refractivity contribution is 5.98. The lowest BCUT2D eigenvalue weighted by molar-refractivity contribution is -0.149. The molecule has 25 heteroatoms. The summed E-state index contributed by atoms with van der Waals surface area (Å²) in [6.45, 7) is 3.87. The molecule has 336 valence electrons. The maximum Gasteiger partial charge on any atom is 0.326 e. The maximum atomic E-state index is 13.4. The van der Waals surface area contributed by atoms with Crippen LogP contribution in [-0.4, -0.2) is 152 Å². The first kappa shape index (κ1) is 51.6. The molecule has 1 aliphatic heterocycles. The maximum absolute atomic E-state index is 13.4. The second-order valence-corrected chi connectivity index (χ2v) is 14.5. The number of hydrogen-bond donors (Lipinski definition) is 12. The average molecular weight is 858 g/mol. The summed E-state index contributed by atoms with van der Waals surface area (Å²) in [6, 6.07) is -10.1. The van der Waals surface area contributed by atoms with Crippen LogP contribution in [0.1, 0.15) is 85.0 Å². The average Bonchev–Trinajstić information content (AvgIpc) is 3.65. The number of carbonyl (C=O) groups is 12. The summed E-state index contributed by atoms with van der Waals surface area (Å²) in [7, 11) is 0. The number of nitrogens with zero attached hydrogens (tertiary/aromatic N) is 1. The Morgan fingerprint density at radius 3 is 1.63 bits per heavy atom. The van der Waals surface area contributed by atoms with Crippen LogP contribution in [0.5, 0.6) is 0 Å². The number of amides is 8. The van der Waals surface area contributed by atoms with Crippen molar-refractivity contribution in [2.75, 3.05) is 13.1 Å². The molecule has 0 aliphatic carbocycles. The largest absolute Gasteiger partial charge is 0.481 e. The fourth-order valence-electron chi connectivity index (χ4n) is 5.84. The molecule has 1 rings (SSSR count). The lowest BCUT2D eigenvalue weighted by Gasteiger charge is -2.29. The number of rotatable bonds is 27. The molecule has 1 saturated heterocycles. The van der Waals surface area contributed by atoms with Crippen LogP contribution in [0.15, 0.2) is 0 Å². The summed E-state index contributed by atoms with van der Waals surface area (Å²) >= 11 is 0. The zero-order valence-electron chi connectivity index (χ0n) is 33.4. The van der Waals surface area contributed by atoms with Gasteiger partial charge in [-0.2, -0.15) is 0 Å². The molecule has 1 aliphatic rings. The molecule has 8 amide bonds. The second-order valence-electron chi connectivity index (χ2n) is 14.5. The van der Waals surface area contributed by atoms with E-state index >= 15 is 0 Å². The zero-order valence-corrected chi connectivity index (χ0v) is 33.4. The summed E-state index contributed by atoms with van der Waals surface area (Å²) in [5, 5.41) is 50.2. The highest BCUT2D eigenvalue weighted by Crippen LogP contribution is 2.20. The van der Waals surface area contributed by atoms with Crippen LogP contribution in [0.3, 0.4) is 0 Å². The van der Waals surface area contributed by atoms with E-state index in [1.165, 1.54) is 6.92 Å². The van der Waals surface area contributed by atoms with Gasteiger partial charge < -0.3 is 68.7 Å². The number of carboxylic acid groups (broad SMARTS) is 4. The van der Waals surface area contributed by atoms with Crippen molar-refractivity contribution in [3.8, 4) is 0 Å². The van der Waals surface area contributed by atoms with Crippen molar-refractivity contribution in [1.82, 2.24) is 36.8 Å². The highest BCUT2D eigenvalue weighted by Gasteiger charge is 2.39.